The van der Waals surface area contributed by atoms with Gasteiger partial charge in [-0.15, -0.1) is 0 Å². The molecule has 0 saturated heterocycles. The Morgan fingerprint density at radius 3 is 2.16 bits per heavy atom. The van der Waals surface area contributed by atoms with Crippen LogP contribution in [0.25, 0.3) is 0 Å². The molecular formula is C21H19ClHgN2. The molecule has 0 amide bonds. The Hall–Kier alpha value is -1.64. The predicted octanol–water partition coefficient (Wildman–Crippen LogP) is 4.98. The fourth-order valence-electron chi connectivity index (χ4n) is 2.64. The van der Waals surface area contributed by atoms with Gasteiger partial charge in [-0.25, -0.2) is 0 Å². The summed E-state index contributed by atoms with van der Waals surface area (Å²) >= 11 is 4.56. The number of hydrogen-bond acceptors (Lipinski definition) is 1. The fraction of sp³-hybridized carbons (Fsp3) is 0.0952. The molecule has 122 valence electrons. The summed E-state index contributed by atoms with van der Waals surface area (Å²) in [5.74, 6) is 1.02. The average Bonchev–Trinajstić information content (AvgIpc) is 2.63. The minimum atomic E-state index is -1.50. The number of benzene rings is 3. The van der Waals surface area contributed by atoms with Crippen LogP contribution in [0.15, 0.2) is 83.9 Å². The van der Waals surface area contributed by atoms with E-state index < -0.39 is 24.9 Å². The molecule has 0 fully saturated rings. The van der Waals surface area contributed by atoms with Crippen LogP contribution in [0.4, 0.5) is 5.69 Å². The summed E-state index contributed by atoms with van der Waals surface area (Å²) in [7, 11) is 2.16. The zero-order valence-electron chi connectivity index (χ0n) is 14.5. The zero-order valence-corrected chi connectivity index (χ0v) is 20.7. The Labute approximate surface area is 167 Å². The van der Waals surface area contributed by atoms with Gasteiger partial charge in [0.1, 0.15) is 0 Å². The Morgan fingerprint density at radius 2 is 1.52 bits per heavy atom. The normalized spacial score (nSPS) is 11.1. The third kappa shape index (κ3) is 5.16. The molecule has 0 aromatic heterocycles. The monoisotopic (exact) mass is 536 g/mol. The van der Waals surface area contributed by atoms with Crippen LogP contribution >= 0.6 is 11.6 Å². The number of rotatable bonds is 4. The molecule has 3 aromatic carbocycles. The van der Waals surface area contributed by atoms with Crippen LogP contribution in [0.2, 0.25) is 5.02 Å². The van der Waals surface area contributed by atoms with Gasteiger partial charge < -0.3 is 0 Å². The Morgan fingerprint density at radius 1 is 0.880 bits per heavy atom. The number of aryl methyl sites for hydroxylation is 1. The second-order valence-electron chi connectivity index (χ2n) is 6.12. The van der Waals surface area contributed by atoms with Crippen molar-refractivity contribution in [2.45, 2.75) is 6.92 Å². The molecule has 0 heterocycles. The summed E-state index contributed by atoms with van der Waals surface area (Å²) in [6.45, 7) is 2.09. The molecule has 0 unspecified atom stereocenters. The fourth-order valence-corrected chi connectivity index (χ4v) is 8.34. The van der Waals surface area contributed by atoms with Crippen molar-refractivity contribution in [2.24, 2.45) is 4.99 Å². The van der Waals surface area contributed by atoms with Crippen molar-refractivity contribution in [1.29, 1.82) is 0 Å². The van der Waals surface area contributed by atoms with E-state index >= 15 is 0 Å². The quantitative estimate of drug-likeness (QED) is 0.262. The molecule has 3 aromatic rings. The molecule has 3 rings (SSSR count). The summed E-state index contributed by atoms with van der Waals surface area (Å²) in [6, 6.07) is 27.0. The van der Waals surface area contributed by atoms with E-state index in [9.17, 15) is 0 Å². The van der Waals surface area contributed by atoms with Crippen molar-refractivity contribution in [1.82, 2.24) is 2.66 Å². The van der Waals surface area contributed by atoms with Crippen molar-refractivity contribution in [2.75, 3.05) is 7.05 Å². The molecule has 2 nitrogen and oxygen atoms in total. The van der Waals surface area contributed by atoms with Crippen molar-refractivity contribution in [3.8, 4) is 0 Å². The van der Waals surface area contributed by atoms with E-state index in [-0.39, 0.29) is 0 Å². The molecule has 25 heavy (non-hydrogen) atoms. The van der Waals surface area contributed by atoms with Gasteiger partial charge in [0.15, 0.2) is 0 Å². The first-order valence-corrected chi connectivity index (χ1v) is 13.9. The molecule has 0 radical (unpaired) electrons. The Bertz CT molecular complexity index is 843. The van der Waals surface area contributed by atoms with Gasteiger partial charge in [0.25, 0.3) is 0 Å². The van der Waals surface area contributed by atoms with E-state index in [1.165, 1.54) is 8.64 Å². The Balaban J connectivity index is 1.96. The number of aliphatic imine (C=N–C) groups is 1. The molecule has 0 aliphatic carbocycles. The van der Waals surface area contributed by atoms with E-state index in [0.29, 0.717) is 0 Å². The molecule has 0 bridgehead atoms. The number of amidine groups is 1. The topological polar surface area (TPSA) is 15.6 Å². The summed E-state index contributed by atoms with van der Waals surface area (Å²) in [5, 5.41) is 0.744. The van der Waals surface area contributed by atoms with Crippen LogP contribution in [0.1, 0.15) is 11.1 Å². The third-order valence-electron chi connectivity index (χ3n) is 4.00. The van der Waals surface area contributed by atoms with Gasteiger partial charge in [0.05, 0.1) is 0 Å². The van der Waals surface area contributed by atoms with Gasteiger partial charge in [0.2, 0.25) is 0 Å². The predicted molar refractivity (Wildman–Crippen MR) is 103 cm³/mol. The zero-order chi connectivity index (χ0) is 17.6. The van der Waals surface area contributed by atoms with Crippen LogP contribution in [-0.2, 0) is 24.9 Å². The van der Waals surface area contributed by atoms with Crippen LogP contribution in [-0.4, -0.2) is 15.5 Å². The number of nitrogens with zero attached hydrogens (tertiary/aromatic N) is 2. The first kappa shape index (κ1) is 18.2. The summed E-state index contributed by atoms with van der Waals surface area (Å²) in [6.07, 6.45) is 0. The van der Waals surface area contributed by atoms with E-state index in [2.05, 4.69) is 71.2 Å². The van der Waals surface area contributed by atoms with Gasteiger partial charge in [-0.05, 0) is 0 Å². The van der Waals surface area contributed by atoms with Crippen molar-refractivity contribution in [3.05, 3.63) is 95.0 Å². The SMILES string of the molecule is Cc1ccc(N=C(c2ccc(Cl)cc2)[N](C)[Hg][c]2ccccc2)cc1. The molecule has 0 spiro atoms. The van der Waals surface area contributed by atoms with Gasteiger partial charge in [-0.1, -0.05) is 0 Å². The van der Waals surface area contributed by atoms with Crippen LogP contribution in [0, 0.1) is 6.92 Å². The number of hydrogen-bond donors (Lipinski definition) is 0. The van der Waals surface area contributed by atoms with Crippen molar-refractivity contribution < 1.29 is 24.9 Å². The summed E-state index contributed by atoms with van der Waals surface area (Å²) < 4.78 is 3.86. The summed E-state index contributed by atoms with van der Waals surface area (Å²) in [5.41, 5.74) is 3.32. The summed E-state index contributed by atoms with van der Waals surface area (Å²) in [4.78, 5) is 4.95. The van der Waals surface area contributed by atoms with Gasteiger partial charge in [0, 0.05) is 0 Å². The second kappa shape index (κ2) is 8.64. The van der Waals surface area contributed by atoms with Crippen LogP contribution in [0.3, 0.4) is 0 Å². The van der Waals surface area contributed by atoms with Gasteiger partial charge in [-0.3, -0.25) is 0 Å². The molecule has 0 aliphatic rings. The molecule has 0 atom stereocenters. The first-order valence-electron chi connectivity index (χ1n) is 8.28. The maximum atomic E-state index is 6.06. The first-order chi connectivity index (χ1) is 12.1. The minimum absolute atomic E-state index is 0.744. The standard InChI is InChI=1S/C15H14ClN2.C6H5.Hg/c1-11-3-9-14(10-4-11)18-15(17-2)12-5-7-13(16)8-6-12;1-2-4-6-5-3-1;/h3-10H,1-2H3;1-5H;/q-1;;+1. The molecule has 0 aliphatic heterocycles. The average molecular weight is 535 g/mol. The molecule has 4 heteroatoms. The van der Waals surface area contributed by atoms with Crippen molar-refractivity contribution >= 4 is 26.2 Å². The maximum absolute atomic E-state index is 6.06. The van der Waals surface area contributed by atoms with E-state index in [0.717, 1.165) is 22.1 Å². The molecular weight excluding hydrogens is 516 g/mol. The third-order valence-corrected chi connectivity index (χ3v) is 10.5. The van der Waals surface area contributed by atoms with Crippen LogP contribution in [0.5, 0.6) is 0 Å². The molecule has 0 saturated carbocycles. The van der Waals surface area contributed by atoms with Gasteiger partial charge >= 0.3 is 168 Å². The van der Waals surface area contributed by atoms with E-state index in [1.54, 1.807) is 0 Å². The Kier molecular flexibility index (Phi) is 6.27. The van der Waals surface area contributed by atoms with Crippen molar-refractivity contribution in [3.63, 3.8) is 0 Å². The van der Waals surface area contributed by atoms with Crippen LogP contribution < -0.4 is 3.07 Å². The van der Waals surface area contributed by atoms with Gasteiger partial charge in [-0.2, -0.15) is 0 Å². The van der Waals surface area contributed by atoms with E-state index in [4.69, 9.17) is 16.6 Å². The second-order valence-corrected chi connectivity index (χ2v) is 14.6. The van der Waals surface area contributed by atoms with E-state index in [1.807, 2.05) is 24.3 Å². The molecule has 0 N–H and O–H groups in total. The number of halogens is 1.